The van der Waals surface area contributed by atoms with Crippen LogP contribution in [-0.2, 0) is 0 Å². The maximum atomic E-state index is 5.99. The van der Waals surface area contributed by atoms with Crippen molar-refractivity contribution >= 4 is 27.5 Å². The Labute approximate surface area is 114 Å². The Kier molecular flexibility index (Phi) is 3.56. The topological polar surface area (TPSA) is 43.8 Å². The van der Waals surface area contributed by atoms with Crippen molar-refractivity contribution in [2.45, 2.75) is 19.9 Å². The van der Waals surface area contributed by atoms with Crippen LogP contribution in [0.5, 0.6) is 0 Å². The van der Waals surface area contributed by atoms with E-state index in [-0.39, 0.29) is 6.04 Å². The number of halogens is 2. The van der Waals surface area contributed by atoms with Gasteiger partial charge in [-0.15, -0.1) is 0 Å². The molecule has 2 rings (SSSR count). The summed E-state index contributed by atoms with van der Waals surface area (Å²) in [7, 11) is 0. The van der Waals surface area contributed by atoms with Crippen molar-refractivity contribution in [1.82, 2.24) is 9.78 Å². The van der Waals surface area contributed by atoms with Crippen LogP contribution in [0.2, 0.25) is 5.02 Å². The van der Waals surface area contributed by atoms with Gasteiger partial charge in [-0.25, -0.2) is 4.68 Å². The lowest BCUT2D eigenvalue weighted by Crippen LogP contribution is -2.06. The first-order valence-electron chi connectivity index (χ1n) is 5.26. The fourth-order valence-corrected chi connectivity index (χ4v) is 2.46. The van der Waals surface area contributed by atoms with Crippen molar-refractivity contribution in [3.8, 4) is 5.69 Å². The molecule has 2 N–H and O–H groups in total. The first kappa shape index (κ1) is 12.6. The number of aromatic nitrogens is 2. The molecular weight excluding hydrogens is 302 g/mol. The molecule has 0 radical (unpaired) electrons. The van der Waals surface area contributed by atoms with Crippen LogP contribution in [0.15, 0.2) is 28.9 Å². The summed E-state index contributed by atoms with van der Waals surface area (Å²) in [4.78, 5) is 0. The van der Waals surface area contributed by atoms with Crippen LogP contribution in [0.25, 0.3) is 5.69 Å². The van der Waals surface area contributed by atoms with Crippen molar-refractivity contribution in [3.63, 3.8) is 0 Å². The normalized spacial score (nSPS) is 12.8. The maximum absolute atomic E-state index is 5.99. The van der Waals surface area contributed by atoms with E-state index in [2.05, 4.69) is 21.0 Å². The molecule has 17 heavy (non-hydrogen) atoms. The second-order valence-electron chi connectivity index (χ2n) is 4.00. The lowest BCUT2D eigenvalue weighted by Gasteiger charge is -2.10. The molecule has 1 aromatic heterocycles. The largest absolute Gasteiger partial charge is 0.324 e. The maximum Gasteiger partial charge on any atom is 0.0819 e. The highest BCUT2D eigenvalue weighted by Gasteiger charge is 2.08. The molecule has 0 aliphatic heterocycles. The first-order valence-corrected chi connectivity index (χ1v) is 6.43. The zero-order chi connectivity index (χ0) is 12.6. The van der Waals surface area contributed by atoms with Crippen LogP contribution >= 0.6 is 27.5 Å². The fourth-order valence-electron chi connectivity index (χ4n) is 1.60. The van der Waals surface area contributed by atoms with Gasteiger partial charge in [0.1, 0.15) is 0 Å². The third kappa shape index (κ3) is 2.54. The molecule has 0 spiro atoms. The van der Waals surface area contributed by atoms with E-state index in [1.807, 2.05) is 32.0 Å². The van der Waals surface area contributed by atoms with Gasteiger partial charge in [0.25, 0.3) is 0 Å². The number of nitrogens with two attached hydrogens (primary N) is 1. The van der Waals surface area contributed by atoms with Gasteiger partial charge in [-0.05, 0) is 31.5 Å². The second-order valence-corrected chi connectivity index (χ2v) is 5.26. The summed E-state index contributed by atoms with van der Waals surface area (Å²) >= 11 is 9.50. The lowest BCUT2D eigenvalue weighted by atomic mass is 10.1. The SMILES string of the molecule is Cc1nn(-c2ccc(C(C)N)c(Br)c2)cc1Cl. The van der Waals surface area contributed by atoms with Gasteiger partial charge in [0.2, 0.25) is 0 Å². The Hall–Kier alpha value is -0.840. The van der Waals surface area contributed by atoms with E-state index in [4.69, 9.17) is 17.3 Å². The van der Waals surface area contributed by atoms with Crippen LogP contribution in [0.1, 0.15) is 24.2 Å². The summed E-state index contributed by atoms with van der Waals surface area (Å²) in [6.07, 6.45) is 1.80. The fraction of sp³-hybridized carbons (Fsp3) is 0.250. The van der Waals surface area contributed by atoms with Gasteiger partial charge < -0.3 is 5.73 Å². The highest BCUT2D eigenvalue weighted by molar-refractivity contribution is 9.10. The van der Waals surface area contributed by atoms with E-state index in [1.165, 1.54) is 0 Å². The van der Waals surface area contributed by atoms with E-state index in [9.17, 15) is 0 Å². The molecule has 3 nitrogen and oxygen atoms in total. The Morgan fingerprint density at radius 1 is 1.47 bits per heavy atom. The van der Waals surface area contributed by atoms with Gasteiger partial charge in [-0.2, -0.15) is 5.10 Å². The Morgan fingerprint density at radius 2 is 2.18 bits per heavy atom. The van der Waals surface area contributed by atoms with E-state index >= 15 is 0 Å². The number of hydrogen-bond acceptors (Lipinski definition) is 2. The monoisotopic (exact) mass is 313 g/mol. The van der Waals surface area contributed by atoms with E-state index in [0.717, 1.165) is 21.4 Å². The van der Waals surface area contributed by atoms with Crippen LogP contribution in [0, 0.1) is 6.92 Å². The summed E-state index contributed by atoms with van der Waals surface area (Å²) in [5.41, 5.74) is 8.70. The Bertz CT molecular complexity index is 529. The smallest absolute Gasteiger partial charge is 0.0819 e. The first-order chi connectivity index (χ1) is 7.99. The zero-order valence-corrected chi connectivity index (χ0v) is 12.0. The summed E-state index contributed by atoms with van der Waals surface area (Å²) in [6.45, 7) is 3.83. The summed E-state index contributed by atoms with van der Waals surface area (Å²) in [5, 5.41) is 4.99. The molecule has 90 valence electrons. The highest BCUT2D eigenvalue weighted by atomic mass is 79.9. The van der Waals surface area contributed by atoms with Gasteiger partial charge in [-0.3, -0.25) is 0 Å². The third-order valence-electron chi connectivity index (χ3n) is 2.58. The van der Waals surface area contributed by atoms with Crippen LogP contribution in [0.4, 0.5) is 0 Å². The van der Waals surface area contributed by atoms with Gasteiger partial charge in [0.05, 0.1) is 16.4 Å². The Balaban J connectivity index is 2.44. The predicted octanol–water partition coefficient (Wildman–Crippen LogP) is 3.62. The lowest BCUT2D eigenvalue weighted by molar-refractivity contribution is 0.807. The number of rotatable bonds is 2. The van der Waals surface area contributed by atoms with Gasteiger partial charge in [0.15, 0.2) is 0 Å². The molecule has 0 saturated heterocycles. The number of hydrogen-bond donors (Lipinski definition) is 1. The molecule has 1 aromatic carbocycles. The van der Waals surface area contributed by atoms with E-state index in [0.29, 0.717) is 5.02 Å². The number of nitrogens with zero attached hydrogens (tertiary/aromatic N) is 2. The highest BCUT2D eigenvalue weighted by Crippen LogP contribution is 2.25. The van der Waals surface area contributed by atoms with Gasteiger partial charge in [-0.1, -0.05) is 33.6 Å². The number of aryl methyl sites for hydroxylation is 1. The van der Waals surface area contributed by atoms with Gasteiger partial charge in [0, 0.05) is 16.7 Å². The Morgan fingerprint density at radius 3 is 2.65 bits per heavy atom. The van der Waals surface area contributed by atoms with Crippen LogP contribution in [0.3, 0.4) is 0 Å². The molecule has 0 fully saturated rings. The van der Waals surface area contributed by atoms with Gasteiger partial charge >= 0.3 is 0 Å². The molecule has 1 atom stereocenters. The summed E-state index contributed by atoms with van der Waals surface area (Å²) in [6, 6.07) is 5.96. The molecule has 5 heteroatoms. The molecule has 1 heterocycles. The average Bonchev–Trinajstić information content (AvgIpc) is 2.58. The molecule has 2 aromatic rings. The molecule has 0 bridgehead atoms. The van der Waals surface area contributed by atoms with Crippen LogP contribution in [-0.4, -0.2) is 9.78 Å². The van der Waals surface area contributed by atoms with E-state index < -0.39 is 0 Å². The number of benzene rings is 1. The molecule has 0 aliphatic carbocycles. The molecule has 1 unspecified atom stereocenters. The molecule has 0 aliphatic rings. The summed E-state index contributed by atoms with van der Waals surface area (Å²) < 4.78 is 2.74. The van der Waals surface area contributed by atoms with E-state index in [1.54, 1.807) is 10.9 Å². The molecule has 0 amide bonds. The zero-order valence-electron chi connectivity index (χ0n) is 9.61. The van der Waals surface area contributed by atoms with Crippen molar-refractivity contribution in [3.05, 3.63) is 45.1 Å². The molecule has 0 saturated carbocycles. The predicted molar refractivity (Wildman–Crippen MR) is 73.6 cm³/mol. The van der Waals surface area contributed by atoms with Crippen LogP contribution < -0.4 is 5.73 Å². The standard InChI is InChI=1S/C12H13BrClN3/c1-7(15)10-4-3-9(5-11(10)13)17-6-12(14)8(2)16-17/h3-7H,15H2,1-2H3. The quantitative estimate of drug-likeness (QED) is 0.920. The minimum absolute atomic E-state index is 0.00127. The van der Waals surface area contributed by atoms with Crippen molar-refractivity contribution in [1.29, 1.82) is 0 Å². The molecular formula is C12H13BrClN3. The second kappa shape index (κ2) is 4.80. The van der Waals surface area contributed by atoms with Crippen molar-refractivity contribution in [2.75, 3.05) is 0 Å². The minimum atomic E-state index is 0.00127. The third-order valence-corrected chi connectivity index (χ3v) is 3.64. The van der Waals surface area contributed by atoms with Crippen molar-refractivity contribution < 1.29 is 0 Å². The summed E-state index contributed by atoms with van der Waals surface area (Å²) in [5.74, 6) is 0. The van der Waals surface area contributed by atoms with Crippen molar-refractivity contribution in [2.24, 2.45) is 5.73 Å². The minimum Gasteiger partial charge on any atom is -0.324 e. The average molecular weight is 315 g/mol.